The first-order chi connectivity index (χ1) is 19.2. The number of hydrogen-bond donors (Lipinski definition) is 2. The summed E-state index contributed by atoms with van der Waals surface area (Å²) in [5.41, 5.74) is 8.16. The molecule has 1 fully saturated rings. The summed E-state index contributed by atoms with van der Waals surface area (Å²) in [7, 11) is 0. The van der Waals surface area contributed by atoms with Gasteiger partial charge in [0.05, 0.1) is 16.4 Å². The summed E-state index contributed by atoms with van der Waals surface area (Å²) in [6.07, 6.45) is 16.6. The third kappa shape index (κ3) is 5.45. The molecule has 0 atom stereocenters. The van der Waals surface area contributed by atoms with Gasteiger partial charge in [0.1, 0.15) is 5.69 Å². The number of allylic oxidation sites excluding steroid dienone is 2. The third-order valence-corrected chi connectivity index (χ3v) is 7.50. The van der Waals surface area contributed by atoms with Crippen LogP contribution in [0.3, 0.4) is 0 Å². The van der Waals surface area contributed by atoms with Crippen LogP contribution in [0.25, 0.3) is 51.9 Å². The van der Waals surface area contributed by atoms with E-state index in [4.69, 9.17) is 4.98 Å². The fraction of sp³-hybridized carbons (Fsp3) is 0.250. The molecule has 0 aliphatic carbocycles. The quantitative estimate of drug-likeness (QED) is 0.312. The van der Waals surface area contributed by atoms with E-state index in [0.29, 0.717) is 11.5 Å². The van der Waals surface area contributed by atoms with Gasteiger partial charge in [-0.05, 0) is 93.2 Å². The summed E-state index contributed by atoms with van der Waals surface area (Å²) in [5, 5.41) is 9.33. The molecule has 39 heavy (non-hydrogen) atoms. The topological polar surface area (TPSA) is 86.4 Å². The molecule has 2 N–H and O–H groups in total. The lowest BCUT2D eigenvalue weighted by atomic mass is 10.0. The predicted molar refractivity (Wildman–Crippen MR) is 158 cm³/mol. The largest absolute Gasteiger partial charge is 0.337 e. The summed E-state index contributed by atoms with van der Waals surface area (Å²) in [6.45, 7) is 10.1. The Morgan fingerprint density at radius 1 is 1.08 bits per heavy atom. The molecule has 1 aliphatic rings. The summed E-state index contributed by atoms with van der Waals surface area (Å²) >= 11 is 0. The van der Waals surface area contributed by atoms with E-state index in [2.05, 4.69) is 61.8 Å². The second-order valence-corrected chi connectivity index (χ2v) is 10.2. The lowest BCUT2D eigenvalue weighted by Crippen LogP contribution is -2.21. The summed E-state index contributed by atoms with van der Waals surface area (Å²) in [6, 6.07) is 12.3. The maximum absolute atomic E-state index is 4.89. The van der Waals surface area contributed by atoms with Crippen LogP contribution in [0.5, 0.6) is 0 Å². The monoisotopic (exact) mass is 515 g/mol. The van der Waals surface area contributed by atoms with Gasteiger partial charge in [-0.2, -0.15) is 5.10 Å². The van der Waals surface area contributed by atoms with Crippen LogP contribution in [0.1, 0.15) is 37.3 Å². The minimum absolute atomic E-state index is 0.689. The maximum atomic E-state index is 4.89. The molecule has 196 valence electrons. The van der Waals surface area contributed by atoms with Gasteiger partial charge in [0, 0.05) is 41.1 Å². The number of H-pyrrole nitrogens is 2. The Bertz CT molecular complexity index is 1720. The molecular formula is C32H33N7. The van der Waals surface area contributed by atoms with E-state index in [1.54, 1.807) is 6.20 Å². The van der Waals surface area contributed by atoms with E-state index in [-0.39, 0.29) is 0 Å². The number of likely N-dealkylation sites (tertiary alicyclic amines) is 1. The smallest absolute Gasteiger partial charge is 0.159 e. The van der Waals surface area contributed by atoms with Gasteiger partial charge in [-0.3, -0.25) is 15.1 Å². The van der Waals surface area contributed by atoms with Gasteiger partial charge in [0.15, 0.2) is 5.82 Å². The minimum Gasteiger partial charge on any atom is -0.337 e. The van der Waals surface area contributed by atoms with E-state index in [0.717, 1.165) is 50.3 Å². The first-order valence-corrected chi connectivity index (χ1v) is 13.6. The Hall–Kier alpha value is -4.36. The molecule has 5 aromatic rings. The number of para-hydroxylation sites is 1. The highest BCUT2D eigenvalue weighted by Crippen LogP contribution is 2.28. The first kappa shape index (κ1) is 24.9. The number of rotatable bonds is 8. The van der Waals surface area contributed by atoms with Crippen LogP contribution in [0, 0.1) is 0 Å². The molecule has 1 aliphatic heterocycles. The molecule has 5 heterocycles. The molecule has 7 nitrogen and oxygen atoms in total. The van der Waals surface area contributed by atoms with Gasteiger partial charge < -0.3 is 9.88 Å². The van der Waals surface area contributed by atoms with Crippen LogP contribution in [0.15, 0.2) is 67.3 Å². The highest BCUT2D eigenvalue weighted by atomic mass is 15.1. The second-order valence-electron chi connectivity index (χ2n) is 10.2. The zero-order chi connectivity index (χ0) is 26.6. The molecule has 1 saturated heterocycles. The highest BCUT2D eigenvalue weighted by molar-refractivity contribution is 5.93. The second kappa shape index (κ2) is 11.2. The van der Waals surface area contributed by atoms with Crippen LogP contribution >= 0.6 is 0 Å². The maximum Gasteiger partial charge on any atom is 0.159 e. The van der Waals surface area contributed by atoms with Gasteiger partial charge in [-0.25, -0.2) is 4.98 Å². The van der Waals surface area contributed by atoms with E-state index >= 15 is 0 Å². The molecule has 0 radical (unpaired) electrons. The van der Waals surface area contributed by atoms with Crippen molar-refractivity contribution >= 4 is 29.3 Å². The summed E-state index contributed by atoms with van der Waals surface area (Å²) < 4.78 is 0. The number of nitrogens with zero attached hydrogens (tertiary/aromatic N) is 5. The molecule has 6 rings (SSSR count). The molecule has 1 aromatic carbocycles. The van der Waals surface area contributed by atoms with Crippen molar-refractivity contribution in [3.63, 3.8) is 0 Å². The van der Waals surface area contributed by atoms with Crippen molar-refractivity contribution in [3.8, 4) is 22.6 Å². The van der Waals surface area contributed by atoms with Crippen molar-refractivity contribution in [2.24, 2.45) is 0 Å². The number of benzene rings is 1. The van der Waals surface area contributed by atoms with Crippen molar-refractivity contribution in [2.75, 3.05) is 19.6 Å². The molecular weight excluding hydrogens is 482 g/mol. The van der Waals surface area contributed by atoms with E-state index in [9.17, 15) is 0 Å². The normalized spacial score (nSPS) is 15.0. The van der Waals surface area contributed by atoms with E-state index in [1.807, 2.05) is 48.9 Å². The number of pyridine rings is 2. The lowest BCUT2D eigenvalue weighted by Gasteiger charge is -2.14. The Balaban J connectivity index is 1.22. The van der Waals surface area contributed by atoms with Crippen LogP contribution in [0.2, 0.25) is 0 Å². The van der Waals surface area contributed by atoms with Crippen LogP contribution < -0.4 is 10.6 Å². The van der Waals surface area contributed by atoms with Crippen molar-refractivity contribution in [1.29, 1.82) is 0 Å². The Morgan fingerprint density at radius 2 is 1.97 bits per heavy atom. The lowest BCUT2D eigenvalue weighted by molar-refractivity contribution is 0.334. The first-order valence-electron chi connectivity index (χ1n) is 13.6. The van der Waals surface area contributed by atoms with Crippen molar-refractivity contribution in [2.45, 2.75) is 32.6 Å². The third-order valence-electron chi connectivity index (χ3n) is 7.50. The average Bonchev–Trinajstić information content (AvgIpc) is 3.72. The van der Waals surface area contributed by atoms with Gasteiger partial charge in [-0.1, -0.05) is 30.9 Å². The van der Waals surface area contributed by atoms with Gasteiger partial charge in [0.25, 0.3) is 0 Å². The number of hydrogen-bond acceptors (Lipinski definition) is 5. The average molecular weight is 516 g/mol. The molecule has 0 amide bonds. The van der Waals surface area contributed by atoms with Crippen LogP contribution in [-0.4, -0.2) is 54.7 Å². The number of imidazole rings is 1. The Morgan fingerprint density at radius 3 is 2.82 bits per heavy atom. The molecule has 0 unspecified atom stereocenters. The molecule has 0 saturated carbocycles. The standard InChI is InChI=1S/C32H33N7/c1-22(26-18-24(19-34-21-26)8-7-17-39-15-3-4-16-39)12-13-28-23(2)30(38-37-28)32-35-29-11-5-10-27(31(29)36-32)25-9-6-14-33-20-25/h5-6,9-14,18-21,37H,2-4,7-8,15-17H2,1H3,(H,35,36)/b22-12+,28-13+. The number of aryl methyl sites for hydroxylation is 1. The molecule has 4 aromatic heterocycles. The highest BCUT2D eigenvalue weighted by Gasteiger charge is 2.13. The molecule has 0 spiro atoms. The van der Waals surface area contributed by atoms with Crippen LogP contribution in [0.4, 0.5) is 0 Å². The van der Waals surface area contributed by atoms with E-state index < -0.39 is 0 Å². The van der Waals surface area contributed by atoms with Crippen LogP contribution in [-0.2, 0) is 6.42 Å². The number of aromatic amines is 2. The summed E-state index contributed by atoms with van der Waals surface area (Å²) in [4.78, 5) is 19.6. The van der Waals surface area contributed by atoms with E-state index in [1.165, 1.54) is 44.5 Å². The molecule has 7 heteroatoms. The SMILES string of the molecule is C=c1c(-c2nc3c(-c4cccnc4)cccc3[nH]2)n[nH]/c1=C/C=C(\C)c1cncc(CCCN2CCCC2)c1. The zero-order valence-corrected chi connectivity index (χ0v) is 22.3. The molecule has 0 bridgehead atoms. The van der Waals surface area contributed by atoms with Crippen molar-refractivity contribution < 1.29 is 0 Å². The number of nitrogens with one attached hydrogen (secondary N) is 2. The van der Waals surface area contributed by atoms with Crippen molar-refractivity contribution in [3.05, 3.63) is 89.0 Å². The van der Waals surface area contributed by atoms with Gasteiger partial charge >= 0.3 is 0 Å². The van der Waals surface area contributed by atoms with Gasteiger partial charge in [0.2, 0.25) is 0 Å². The van der Waals surface area contributed by atoms with Crippen molar-refractivity contribution in [1.82, 2.24) is 35.0 Å². The number of fused-ring (bicyclic) bond motifs is 1. The minimum atomic E-state index is 0.689. The fourth-order valence-electron chi connectivity index (χ4n) is 5.27. The Kier molecular flexibility index (Phi) is 7.15. The predicted octanol–water partition coefficient (Wildman–Crippen LogP) is 4.73. The number of aromatic nitrogens is 6. The zero-order valence-electron chi connectivity index (χ0n) is 22.3. The Labute approximate surface area is 228 Å². The van der Waals surface area contributed by atoms with Gasteiger partial charge in [-0.15, -0.1) is 0 Å². The summed E-state index contributed by atoms with van der Waals surface area (Å²) in [5.74, 6) is 0.689. The fourth-order valence-corrected chi connectivity index (χ4v) is 5.27.